The first kappa shape index (κ1) is 16.9. The Morgan fingerprint density at radius 2 is 2.18 bits per heavy atom. The van der Waals surface area contributed by atoms with Crippen molar-refractivity contribution >= 4 is 23.6 Å². The van der Waals surface area contributed by atoms with E-state index in [2.05, 4.69) is 25.1 Å². The number of amides is 2. The van der Waals surface area contributed by atoms with Gasteiger partial charge in [-0.2, -0.15) is 0 Å². The Kier molecular flexibility index (Phi) is 5.89. The van der Waals surface area contributed by atoms with Gasteiger partial charge in [0.25, 0.3) is 0 Å². The summed E-state index contributed by atoms with van der Waals surface area (Å²) in [5, 5.41) is 0.0721. The molecule has 120 valence electrons. The van der Waals surface area contributed by atoms with Crippen LogP contribution in [0.2, 0.25) is 0 Å². The standard InChI is InChI=1S/C17H24N2O2S/c1-4-15(20)18(5-2)9-10-19-16(21)12-22-17(19)14-8-6-7-13(3)11-14/h6-8,11,17H,4-5,9-10,12H2,1-3H3. The smallest absolute Gasteiger partial charge is 0.233 e. The molecule has 1 heterocycles. The summed E-state index contributed by atoms with van der Waals surface area (Å²) in [6.45, 7) is 7.82. The van der Waals surface area contributed by atoms with Gasteiger partial charge in [0, 0.05) is 26.1 Å². The quantitative estimate of drug-likeness (QED) is 0.809. The third-order valence-electron chi connectivity index (χ3n) is 3.94. The lowest BCUT2D eigenvalue weighted by molar-refractivity contribution is -0.133. The van der Waals surface area contributed by atoms with E-state index in [0.29, 0.717) is 31.8 Å². The van der Waals surface area contributed by atoms with Crippen LogP contribution < -0.4 is 0 Å². The highest BCUT2D eigenvalue weighted by molar-refractivity contribution is 8.00. The molecule has 1 aromatic rings. The molecule has 0 N–H and O–H groups in total. The van der Waals surface area contributed by atoms with Crippen molar-refractivity contribution in [3.63, 3.8) is 0 Å². The fourth-order valence-corrected chi connectivity index (χ4v) is 3.92. The highest BCUT2D eigenvalue weighted by atomic mass is 32.2. The molecule has 1 saturated heterocycles. The summed E-state index contributed by atoms with van der Waals surface area (Å²) in [6, 6.07) is 8.31. The van der Waals surface area contributed by atoms with Gasteiger partial charge in [-0.1, -0.05) is 36.8 Å². The van der Waals surface area contributed by atoms with Gasteiger partial charge >= 0.3 is 0 Å². The summed E-state index contributed by atoms with van der Waals surface area (Å²) in [7, 11) is 0. The second kappa shape index (κ2) is 7.68. The van der Waals surface area contributed by atoms with Gasteiger partial charge in [-0.3, -0.25) is 9.59 Å². The molecule has 0 bridgehead atoms. The molecule has 4 nitrogen and oxygen atoms in total. The third-order valence-corrected chi connectivity index (χ3v) is 5.20. The van der Waals surface area contributed by atoms with Crippen molar-refractivity contribution in [1.82, 2.24) is 9.80 Å². The Morgan fingerprint density at radius 3 is 2.82 bits per heavy atom. The lowest BCUT2D eigenvalue weighted by atomic mass is 10.1. The maximum atomic E-state index is 12.2. The van der Waals surface area contributed by atoms with Crippen molar-refractivity contribution in [1.29, 1.82) is 0 Å². The van der Waals surface area contributed by atoms with Crippen molar-refractivity contribution in [3.05, 3.63) is 35.4 Å². The van der Waals surface area contributed by atoms with Crippen LogP contribution in [0.5, 0.6) is 0 Å². The Morgan fingerprint density at radius 1 is 1.41 bits per heavy atom. The lowest BCUT2D eigenvalue weighted by Crippen LogP contribution is -2.39. The van der Waals surface area contributed by atoms with Crippen LogP contribution in [0.1, 0.15) is 36.8 Å². The molecule has 0 radical (unpaired) electrons. The first-order valence-corrected chi connectivity index (χ1v) is 8.87. The molecule has 1 aromatic carbocycles. The molecule has 2 rings (SSSR count). The number of carbonyl (C=O) groups excluding carboxylic acids is 2. The molecule has 22 heavy (non-hydrogen) atoms. The Labute approximate surface area is 136 Å². The second-order valence-electron chi connectivity index (χ2n) is 5.49. The molecule has 1 aliphatic heterocycles. The van der Waals surface area contributed by atoms with Crippen LogP contribution in [0, 0.1) is 6.92 Å². The van der Waals surface area contributed by atoms with Crippen LogP contribution in [0.25, 0.3) is 0 Å². The van der Waals surface area contributed by atoms with Crippen LogP contribution >= 0.6 is 11.8 Å². The summed E-state index contributed by atoms with van der Waals surface area (Å²) in [6.07, 6.45) is 0.512. The first-order chi connectivity index (χ1) is 10.6. The molecule has 0 aliphatic carbocycles. The van der Waals surface area contributed by atoms with Crippen LogP contribution in [0.15, 0.2) is 24.3 Å². The van der Waals surface area contributed by atoms with E-state index in [4.69, 9.17) is 0 Å². The molecule has 0 saturated carbocycles. The number of hydrogen-bond acceptors (Lipinski definition) is 3. The minimum Gasteiger partial charge on any atom is -0.341 e. The largest absolute Gasteiger partial charge is 0.341 e. The number of rotatable bonds is 6. The summed E-state index contributed by atoms with van der Waals surface area (Å²) < 4.78 is 0. The van der Waals surface area contributed by atoms with Gasteiger partial charge in [-0.05, 0) is 19.4 Å². The fourth-order valence-electron chi connectivity index (χ4n) is 2.71. The zero-order chi connectivity index (χ0) is 16.1. The Bertz CT molecular complexity index is 547. The van der Waals surface area contributed by atoms with Crippen molar-refractivity contribution in [3.8, 4) is 0 Å². The van der Waals surface area contributed by atoms with E-state index in [0.717, 1.165) is 0 Å². The Hall–Kier alpha value is -1.49. The average molecular weight is 320 g/mol. The topological polar surface area (TPSA) is 40.6 Å². The van der Waals surface area contributed by atoms with Gasteiger partial charge in [0.1, 0.15) is 5.37 Å². The summed E-state index contributed by atoms with van der Waals surface area (Å²) in [4.78, 5) is 27.8. The van der Waals surface area contributed by atoms with Crippen LogP contribution in [-0.4, -0.2) is 47.0 Å². The number of thioether (sulfide) groups is 1. The molecule has 1 unspecified atom stereocenters. The van der Waals surface area contributed by atoms with Gasteiger partial charge in [-0.25, -0.2) is 0 Å². The molecule has 5 heteroatoms. The highest BCUT2D eigenvalue weighted by Gasteiger charge is 2.32. The molecule has 1 atom stereocenters. The van der Waals surface area contributed by atoms with E-state index >= 15 is 0 Å². The van der Waals surface area contributed by atoms with Gasteiger partial charge in [-0.15, -0.1) is 11.8 Å². The number of hydrogen-bond donors (Lipinski definition) is 0. The monoisotopic (exact) mass is 320 g/mol. The van der Waals surface area contributed by atoms with Crippen LogP contribution in [-0.2, 0) is 9.59 Å². The molecular weight excluding hydrogens is 296 g/mol. The minimum atomic E-state index is 0.0721. The molecule has 1 aliphatic rings. The van der Waals surface area contributed by atoms with Crippen molar-refractivity contribution in [2.75, 3.05) is 25.4 Å². The molecule has 0 spiro atoms. The van der Waals surface area contributed by atoms with E-state index < -0.39 is 0 Å². The normalized spacial score (nSPS) is 17.9. The zero-order valence-corrected chi connectivity index (χ0v) is 14.4. The number of likely N-dealkylation sites (N-methyl/N-ethyl adjacent to an activating group) is 1. The van der Waals surface area contributed by atoms with Crippen molar-refractivity contribution in [2.24, 2.45) is 0 Å². The Balaban J connectivity index is 2.07. The van der Waals surface area contributed by atoms with E-state index in [1.54, 1.807) is 11.8 Å². The molecule has 2 amide bonds. The highest BCUT2D eigenvalue weighted by Crippen LogP contribution is 2.38. The average Bonchev–Trinajstić information content (AvgIpc) is 2.88. The molecule has 1 fully saturated rings. The van der Waals surface area contributed by atoms with Crippen molar-refractivity contribution < 1.29 is 9.59 Å². The summed E-state index contributed by atoms with van der Waals surface area (Å²) >= 11 is 1.67. The van der Waals surface area contributed by atoms with Crippen LogP contribution in [0.4, 0.5) is 0 Å². The number of carbonyl (C=O) groups is 2. The SMILES string of the molecule is CCC(=O)N(CC)CCN1C(=O)CSC1c1cccc(C)c1. The predicted octanol–water partition coefficient (Wildman–Crippen LogP) is 2.83. The number of nitrogens with zero attached hydrogens (tertiary/aromatic N) is 2. The van der Waals surface area contributed by atoms with E-state index in [9.17, 15) is 9.59 Å². The van der Waals surface area contributed by atoms with Gasteiger partial charge < -0.3 is 9.80 Å². The lowest BCUT2D eigenvalue weighted by Gasteiger charge is -2.28. The predicted molar refractivity (Wildman–Crippen MR) is 90.6 cm³/mol. The number of benzene rings is 1. The van der Waals surface area contributed by atoms with E-state index in [1.807, 2.05) is 29.7 Å². The molecular formula is C17H24N2O2S. The van der Waals surface area contributed by atoms with Gasteiger partial charge in [0.2, 0.25) is 11.8 Å². The van der Waals surface area contributed by atoms with Gasteiger partial charge in [0.05, 0.1) is 5.75 Å². The minimum absolute atomic E-state index is 0.0721. The van der Waals surface area contributed by atoms with Gasteiger partial charge in [0.15, 0.2) is 0 Å². The van der Waals surface area contributed by atoms with Crippen LogP contribution in [0.3, 0.4) is 0 Å². The summed E-state index contributed by atoms with van der Waals surface area (Å²) in [5.41, 5.74) is 2.37. The number of aryl methyl sites for hydroxylation is 1. The fraction of sp³-hybridized carbons (Fsp3) is 0.529. The van der Waals surface area contributed by atoms with E-state index in [-0.39, 0.29) is 17.2 Å². The molecule has 0 aromatic heterocycles. The maximum Gasteiger partial charge on any atom is 0.233 e. The zero-order valence-electron chi connectivity index (χ0n) is 13.5. The van der Waals surface area contributed by atoms with E-state index in [1.165, 1.54) is 11.1 Å². The second-order valence-corrected chi connectivity index (χ2v) is 6.56. The third kappa shape index (κ3) is 3.83. The summed E-state index contributed by atoms with van der Waals surface area (Å²) in [5.74, 6) is 0.831. The maximum absolute atomic E-state index is 12.2. The first-order valence-electron chi connectivity index (χ1n) is 7.82. The van der Waals surface area contributed by atoms with Crippen molar-refractivity contribution in [2.45, 2.75) is 32.6 Å².